The monoisotopic (exact) mass is 291 g/mol. The molecule has 0 aromatic heterocycles. The number of halogens is 1. The Morgan fingerprint density at radius 3 is 1.19 bits per heavy atom. The van der Waals surface area contributed by atoms with Crippen LogP contribution >= 0.6 is 0 Å². The smallest absolute Gasteiger partial charge is 1.00 e. The van der Waals surface area contributed by atoms with E-state index in [4.69, 9.17) is 34.0 Å². The van der Waals surface area contributed by atoms with Gasteiger partial charge in [-0.05, 0) is 0 Å². The maximum absolute atomic E-state index is 8.60. The Morgan fingerprint density at radius 1 is 0.875 bits per heavy atom. The summed E-state index contributed by atoms with van der Waals surface area (Å²) < 4.78 is 32.7. The molecule has 98 valence electrons. The van der Waals surface area contributed by atoms with Crippen LogP contribution in [-0.2, 0) is 0 Å². The molecule has 0 fully saturated rings. The van der Waals surface area contributed by atoms with Crippen LogP contribution in [-0.4, -0.2) is 102 Å². The maximum atomic E-state index is 8.60. The van der Waals surface area contributed by atoms with Crippen LogP contribution in [0.2, 0.25) is 0 Å². The molecule has 8 nitrogen and oxygen atoms in total. The molecule has 0 atom stereocenters. The van der Waals surface area contributed by atoms with E-state index < -0.39 is 10.2 Å². The van der Waals surface area contributed by atoms with E-state index in [-0.39, 0.29) is 60.4 Å². The first-order chi connectivity index (χ1) is 6.85. The number of aliphatic hydroxyl groups is 3. The zero-order valence-electron chi connectivity index (χ0n) is 10.8. The summed E-state index contributed by atoms with van der Waals surface area (Å²) in [6, 6.07) is 0. The maximum Gasteiger partial charge on any atom is 2.00 e. The van der Waals surface area contributed by atoms with Gasteiger partial charge in [0.15, 0.2) is 0 Å². The van der Waals surface area contributed by atoms with Crippen LogP contribution in [0.15, 0.2) is 0 Å². The molecule has 0 heterocycles. The summed E-state index contributed by atoms with van der Waals surface area (Å²) in [5.41, 5.74) is 0. The number of rotatable bonds is 6. The summed E-state index contributed by atoms with van der Waals surface area (Å²) in [6.45, 7) is 1.75. The zero-order chi connectivity index (χ0) is 12.3. The third-order valence-corrected chi connectivity index (χ3v) is 1.25. The molecule has 0 bridgehead atoms. The first-order valence-corrected chi connectivity index (χ1v) is 5.29. The number of nitrogens with zero attached hydrogens (tertiary/aromatic N) is 1. The van der Waals surface area contributed by atoms with E-state index in [2.05, 4.69) is 0 Å². The average molecular weight is 292 g/mol. The van der Waals surface area contributed by atoms with E-state index in [1.807, 2.05) is 0 Å². The van der Waals surface area contributed by atoms with Crippen molar-refractivity contribution in [3.63, 3.8) is 0 Å². The number of aliphatic hydroxyl groups excluding tert-OH is 3. The van der Waals surface area contributed by atoms with Gasteiger partial charge >= 0.3 is 37.7 Å². The Kier molecular flexibility index (Phi) is 20.0. The molecule has 0 radical (unpaired) electrons. The third-order valence-electron chi connectivity index (χ3n) is 1.25. The summed E-state index contributed by atoms with van der Waals surface area (Å²) in [5, 5.41) is 25.5. The molecule has 0 spiro atoms. The summed E-state index contributed by atoms with van der Waals surface area (Å²) in [7, 11) is -4.69. The molecule has 0 amide bonds. The van der Waals surface area contributed by atoms with E-state index >= 15 is 0 Å². The fourth-order valence-electron chi connectivity index (χ4n) is 0.760. The molecule has 0 unspecified atom stereocenters. The SMILES string of the molecule is OCCN(CCO)CCO.[Ca+2].[H-].[H-].[O-][Cl+3]([O-])([O-])O. The van der Waals surface area contributed by atoms with Gasteiger partial charge in [-0.15, -0.1) is 0 Å². The zero-order valence-corrected chi connectivity index (χ0v) is 11.8. The van der Waals surface area contributed by atoms with Gasteiger partial charge in [0.2, 0.25) is 0 Å². The van der Waals surface area contributed by atoms with Crippen LogP contribution < -0.4 is 14.0 Å². The van der Waals surface area contributed by atoms with Gasteiger partial charge in [0, 0.05) is 19.6 Å². The van der Waals surface area contributed by atoms with Gasteiger partial charge in [0.1, 0.15) is 0 Å². The van der Waals surface area contributed by atoms with Gasteiger partial charge in [-0.2, -0.15) is 14.0 Å². The topological polar surface area (TPSA) is 153 Å². The number of hydrogen-bond donors (Lipinski definition) is 4. The molecule has 0 rings (SSSR count). The summed E-state index contributed by atoms with van der Waals surface area (Å²) in [6.07, 6.45) is 0. The Hall–Kier alpha value is 1.23. The number of hydrogen-bond acceptors (Lipinski definition) is 8. The minimum Gasteiger partial charge on any atom is -1.00 e. The van der Waals surface area contributed by atoms with Gasteiger partial charge in [0.05, 0.1) is 34.7 Å². The van der Waals surface area contributed by atoms with Gasteiger partial charge in [-0.25, -0.2) is 0 Å². The van der Waals surface area contributed by atoms with Crippen molar-refractivity contribution in [2.75, 3.05) is 39.5 Å². The van der Waals surface area contributed by atoms with E-state index in [1.54, 1.807) is 4.90 Å². The predicted molar refractivity (Wildman–Crippen MR) is 47.9 cm³/mol. The summed E-state index contributed by atoms with van der Waals surface area (Å²) in [5.74, 6) is 0. The van der Waals surface area contributed by atoms with Crippen molar-refractivity contribution < 1.29 is 47.1 Å². The largest absolute Gasteiger partial charge is 2.00 e. The van der Waals surface area contributed by atoms with Crippen LogP contribution in [0.25, 0.3) is 0 Å². The quantitative estimate of drug-likeness (QED) is 0.353. The Morgan fingerprint density at radius 2 is 1.06 bits per heavy atom. The molecule has 0 aromatic rings. The van der Waals surface area contributed by atoms with Crippen molar-refractivity contribution in [3.05, 3.63) is 0 Å². The molecule has 0 aliphatic carbocycles. The second-order valence-electron chi connectivity index (χ2n) is 2.41. The van der Waals surface area contributed by atoms with Crippen LogP contribution in [0, 0.1) is 10.2 Å². The van der Waals surface area contributed by atoms with Crippen molar-refractivity contribution in [2.24, 2.45) is 0 Å². The molecular formula is C6H18CaClNO7. The molecule has 10 heteroatoms. The van der Waals surface area contributed by atoms with Crippen molar-refractivity contribution in [3.8, 4) is 0 Å². The second kappa shape index (κ2) is 14.3. The van der Waals surface area contributed by atoms with Gasteiger partial charge in [-0.3, -0.25) is 4.90 Å². The van der Waals surface area contributed by atoms with E-state index in [0.717, 1.165) is 0 Å². The summed E-state index contributed by atoms with van der Waals surface area (Å²) >= 11 is 0. The first kappa shape index (κ1) is 22.4. The molecule has 4 N–H and O–H groups in total. The van der Waals surface area contributed by atoms with Crippen molar-refractivity contribution in [1.29, 1.82) is 0 Å². The van der Waals surface area contributed by atoms with E-state index in [0.29, 0.717) is 19.6 Å². The van der Waals surface area contributed by atoms with Crippen LogP contribution in [0.1, 0.15) is 2.85 Å². The normalized spacial score (nSPS) is 10.5. The molecule has 0 aliphatic rings. The Balaban J connectivity index is -0.0000000621. The fourth-order valence-corrected chi connectivity index (χ4v) is 0.760. The fraction of sp³-hybridized carbons (Fsp3) is 1.00. The Bertz CT molecular complexity index is 125. The Labute approximate surface area is 128 Å². The minimum atomic E-state index is -4.69. The second-order valence-corrected chi connectivity index (χ2v) is 3.20. The van der Waals surface area contributed by atoms with Gasteiger partial charge in [0.25, 0.3) is 0 Å². The van der Waals surface area contributed by atoms with Crippen molar-refractivity contribution >= 4 is 37.7 Å². The van der Waals surface area contributed by atoms with Gasteiger partial charge in [-0.1, -0.05) is 0 Å². The van der Waals surface area contributed by atoms with E-state index in [1.165, 1.54) is 0 Å². The standard InChI is InChI=1S/C6H15NO3.Ca.ClHO4.2H/c8-4-1-7(2-5-9)3-6-10;;2-1(3,4)5;;/h8-10H,1-6H2;;(H,2,3,4,5);;/q;+2;;2*-1. The van der Waals surface area contributed by atoms with Crippen molar-refractivity contribution in [2.45, 2.75) is 0 Å². The summed E-state index contributed by atoms with van der Waals surface area (Å²) in [4.78, 5) is 1.79. The predicted octanol–water partition coefficient (Wildman–Crippen LogP) is -6.01. The average Bonchev–Trinajstić information content (AvgIpc) is 2.02. The molecule has 0 aliphatic heterocycles. The van der Waals surface area contributed by atoms with Crippen LogP contribution in [0.5, 0.6) is 0 Å². The molecule has 0 saturated carbocycles. The minimum absolute atomic E-state index is 0. The van der Waals surface area contributed by atoms with E-state index in [9.17, 15) is 0 Å². The van der Waals surface area contributed by atoms with Crippen LogP contribution in [0.3, 0.4) is 0 Å². The molecule has 0 saturated heterocycles. The van der Waals surface area contributed by atoms with Crippen LogP contribution in [0.4, 0.5) is 0 Å². The first-order valence-electron chi connectivity index (χ1n) is 4.03. The molecule has 0 aromatic carbocycles. The van der Waals surface area contributed by atoms with Crippen molar-refractivity contribution in [1.82, 2.24) is 4.90 Å². The molecule has 16 heavy (non-hydrogen) atoms. The third kappa shape index (κ3) is 29.5. The van der Waals surface area contributed by atoms with Gasteiger partial charge < -0.3 is 18.2 Å². The molecular weight excluding hydrogens is 274 g/mol.